The van der Waals surface area contributed by atoms with Crippen LogP contribution in [0.5, 0.6) is 0 Å². The molecule has 3 rings (SSSR count). The molecule has 2 aromatic heterocycles. The Bertz CT molecular complexity index is 710. The minimum atomic E-state index is 0.0377. The number of carbonyl (C=O) groups excluding carboxylic acids is 1. The van der Waals surface area contributed by atoms with Crippen LogP contribution in [0.25, 0.3) is 0 Å². The zero-order valence-electron chi connectivity index (χ0n) is 15.6. The van der Waals surface area contributed by atoms with Crippen molar-refractivity contribution in [2.45, 2.75) is 45.8 Å². The molecular weight excluding hydrogens is 332 g/mol. The number of hydrogen-bond donors (Lipinski definition) is 1. The molecule has 1 aliphatic rings. The van der Waals surface area contributed by atoms with Crippen LogP contribution in [0.2, 0.25) is 0 Å². The van der Waals surface area contributed by atoms with Gasteiger partial charge < -0.3 is 14.4 Å². The first-order valence-corrected chi connectivity index (χ1v) is 9.31. The standard InChI is InChI=1S/C19H28N4O3/c1-3-6-23-13-18(15(2)20-23)19(25)22-8-7-21(17(12-22)4-9-24)11-16-5-10-26-14-16/h5,10,13-14,17,24H,3-4,6-9,11-12H2,1-2H3/t17-/m0/s1. The van der Waals surface area contributed by atoms with Gasteiger partial charge in [-0.2, -0.15) is 5.10 Å². The van der Waals surface area contributed by atoms with Gasteiger partial charge in [0.1, 0.15) is 0 Å². The fraction of sp³-hybridized carbons (Fsp3) is 0.579. The topological polar surface area (TPSA) is 74.7 Å². The van der Waals surface area contributed by atoms with Crippen LogP contribution in [-0.2, 0) is 13.1 Å². The molecule has 142 valence electrons. The fourth-order valence-electron chi connectivity index (χ4n) is 3.57. The van der Waals surface area contributed by atoms with E-state index >= 15 is 0 Å². The summed E-state index contributed by atoms with van der Waals surface area (Å²) in [7, 11) is 0. The third-order valence-corrected chi connectivity index (χ3v) is 4.95. The lowest BCUT2D eigenvalue weighted by molar-refractivity contribution is 0.0394. The monoisotopic (exact) mass is 360 g/mol. The highest BCUT2D eigenvalue weighted by atomic mass is 16.3. The summed E-state index contributed by atoms with van der Waals surface area (Å²) in [6, 6.07) is 2.09. The second kappa shape index (κ2) is 8.51. The van der Waals surface area contributed by atoms with E-state index in [-0.39, 0.29) is 18.6 Å². The van der Waals surface area contributed by atoms with Crippen LogP contribution >= 0.6 is 0 Å². The lowest BCUT2D eigenvalue weighted by atomic mass is 10.1. The predicted molar refractivity (Wildman–Crippen MR) is 97.8 cm³/mol. The number of nitrogens with zero attached hydrogens (tertiary/aromatic N) is 4. The first kappa shape index (κ1) is 18.7. The van der Waals surface area contributed by atoms with Gasteiger partial charge in [0.15, 0.2) is 0 Å². The molecule has 7 nitrogen and oxygen atoms in total. The molecule has 1 N–H and O–H groups in total. The number of aliphatic hydroxyl groups excluding tert-OH is 1. The minimum Gasteiger partial charge on any atom is -0.472 e. The Kier molecular flexibility index (Phi) is 6.11. The van der Waals surface area contributed by atoms with Gasteiger partial charge in [0, 0.05) is 57.1 Å². The van der Waals surface area contributed by atoms with E-state index < -0.39 is 0 Å². The van der Waals surface area contributed by atoms with Crippen molar-refractivity contribution in [3.8, 4) is 0 Å². The second-order valence-corrected chi connectivity index (χ2v) is 6.91. The van der Waals surface area contributed by atoms with Crippen molar-refractivity contribution >= 4 is 5.91 Å². The summed E-state index contributed by atoms with van der Waals surface area (Å²) in [6.07, 6.45) is 6.92. The summed E-state index contributed by atoms with van der Waals surface area (Å²) >= 11 is 0. The van der Waals surface area contributed by atoms with Gasteiger partial charge in [-0.05, 0) is 25.8 Å². The Balaban J connectivity index is 1.69. The van der Waals surface area contributed by atoms with Crippen LogP contribution < -0.4 is 0 Å². The molecule has 0 spiro atoms. The average molecular weight is 360 g/mol. The molecule has 0 aliphatic carbocycles. The molecular formula is C19H28N4O3. The van der Waals surface area contributed by atoms with E-state index in [2.05, 4.69) is 16.9 Å². The number of carbonyl (C=O) groups is 1. The molecule has 1 saturated heterocycles. The van der Waals surface area contributed by atoms with E-state index in [0.717, 1.165) is 37.3 Å². The Morgan fingerprint density at radius 2 is 2.27 bits per heavy atom. The van der Waals surface area contributed by atoms with Gasteiger partial charge >= 0.3 is 0 Å². The van der Waals surface area contributed by atoms with Crippen molar-refractivity contribution in [3.63, 3.8) is 0 Å². The van der Waals surface area contributed by atoms with Gasteiger partial charge in [0.05, 0.1) is 23.8 Å². The molecule has 0 saturated carbocycles. The molecule has 26 heavy (non-hydrogen) atoms. The number of amides is 1. The predicted octanol–water partition coefficient (Wildman–Crippen LogP) is 1.90. The molecule has 1 atom stereocenters. The first-order chi connectivity index (χ1) is 12.6. The van der Waals surface area contributed by atoms with Crippen molar-refractivity contribution in [3.05, 3.63) is 41.6 Å². The van der Waals surface area contributed by atoms with Crippen LogP contribution in [0.15, 0.2) is 29.2 Å². The number of hydrogen-bond acceptors (Lipinski definition) is 5. The smallest absolute Gasteiger partial charge is 0.257 e. The lowest BCUT2D eigenvalue weighted by Crippen LogP contribution is -2.54. The maximum atomic E-state index is 13.0. The Labute approximate surface area is 154 Å². The summed E-state index contributed by atoms with van der Waals surface area (Å²) in [5.41, 5.74) is 2.58. The van der Waals surface area contributed by atoms with E-state index in [1.165, 1.54) is 0 Å². The molecule has 0 unspecified atom stereocenters. The highest BCUT2D eigenvalue weighted by molar-refractivity contribution is 5.95. The number of aromatic nitrogens is 2. The van der Waals surface area contributed by atoms with Gasteiger partial charge in [-0.25, -0.2) is 0 Å². The van der Waals surface area contributed by atoms with Gasteiger partial charge in [-0.3, -0.25) is 14.4 Å². The summed E-state index contributed by atoms with van der Waals surface area (Å²) in [6.45, 7) is 7.77. The molecule has 0 bridgehead atoms. The molecule has 3 heterocycles. The summed E-state index contributed by atoms with van der Waals surface area (Å²) < 4.78 is 7.00. The van der Waals surface area contributed by atoms with Crippen LogP contribution in [0.1, 0.15) is 41.4 Å². The fourth-order valence-corrected chi connectivity index (χ4v) is 3.57. The Hall–Kier alpha value is -2.12. The van der Waals surface area contributed by atoms with Gasteiger partial charge in [0.25, 0.3) is 5.91 Å². The van der Waals surface area contributed by atoms with Crippen molar-refractivity contribution in [2.24, 2.45) is 0 Å². The number of aliphatic hydroxyl groups is 1. The number of rotatable bonds is 7. The largest absolute Gasteiger partial charge is 0.472 e. The Morgan fingerprint density at radius 3 is 2.96 bits per heavy atom. The zero-order valence-corrected chi connectivity index (χ0v) is 15.6. The highest BCUT2D eigenvalue weighted by Gasteiger charge is 2.31. The highest BCUT2D eigenvalue weighted by Crippen LogP contribution is 2.19. The van der Waals surface area contributed by atoms with Crippen LogP contribution in [0, 0.1) is 6.92 Å². The number of aryl methyl sites for hydroxylation is 2. The maximum Gasteiger partial charge on any atom is 0.257 e. The summed E-state index contributed by atoms with van der Waals surface area (Å²) in [5, 5.41) is 13.9. The summed E-state index contributed by atoms with van der Waals surface area (Å²) in [4.78, 5) is 17.2. The first-order valence-electron chi connectivity index (χ1n) is 9.31. The van der Waals surface area contributed by atoms with E-state index in [1.54, 1.807) is 12.5 Å². The molecule has 1 aliphatic heterocycles. The minimum absolute atomic E-state index is 0.0377. The SMILES string of the molecule is CCCn1cc(C(=O)N2CCN(Cc3ccoc3)[C@@H](CCO)C2)c(C)n1. The molecule has 1 fully saturated rings. The third kappa shape index (κ3) is 4.16. The number of furan rings is 1. The van der Waals surface area contributed by atoms with Crippen LogP contribution in [-0.4, -0.2) is 62.9 Å². The molecule has 2 aromatic rings. The van der Waals surface area contributed by atoms with Crippen molar-refractivity contribution in [2.75, 3.05) is 26.2 Å². The number of piperazine rings is 1. The van der Waals surface area contributed by atoms with Crippen molar-refractivity contribution < 1.29 is 14.3 Å². The van der Waals surface area contributed by atoms with E-state index in [4.69, 9.17) is 4.42 Å². The van der Waals surface area contributed by atoms with E-state index in [0.29, 0.717) is 25.1 Å². The molecule has 1 amide bonds. The quantitative estimate of drug-likeness (QED) is 0.816. The van der Waals surface area contributed by atoms with Gasteiger partial charge in [-0.1, -0.05) is 6.92 Å². The average Bonchev–Trinajstić information content (AvgIpc) is 3.26. The molecule has 0 radical (unpaired) electrons. The lowest BCUT2D eigenvalue weighted by Gasteiger charge is -2.41. The van der Waals surface area contributed by atoms with E-state index in [9.17, 15) is 9.90 Å². The Morgan fingerprint density at radius 1 is 1.42 bits per heavy atom. The van der Waals surface area contributed by atoms with Crippen LogP contribution in [0.3, 0.4) is 0 Å². The third-order valence-electron chi connectivity index (χ3n) is 4.95. The summed E-state index contributed by atoms with van der Waals surface area (Å²) in [5.74, 6) is 0.0377. The van der Waals surface area contributed by atoms with Gasteiger partial charge in [-0.15, -0.1) is 0 Å². The van der Waals surface area contributed by atoms with Gasteiger partial charge in [0.2, 0.25) is 0 Å². The zero-order chi connectivity index (χ0) is 18.5. The van der Waals surface area contributed by atoms with Crippen LogP contribution in [0.4, 0.5) is 0 Å². The normalized spacial score (nSPS) is 18.4. The van der Waals surface area contributed by atoms with E-state index in [1.807, 2.05) is 28.8 Å². The molecule has 0 aromatic carbocycles. The molecule has 7 heteroatoms. The van der Waals surface area contributed by atoms with Crippen molar-refractivity contribution in [1.29, 1.82) is 0 Å². The maximum absolute atomic E-state index is 13.0. The second-order valence-electron chi connectivity index (χ2n) is 6.91. The van der Waals surface area contributed by atoms with Crippen molar-refractivity contribution in [1.82, 2.24) is 19.6 Å².